The van der Waals surface area contributed by atoms with Gasteiger partial charge in [0, 0.05) is 0 Å². The van der Waals surface area contributed by atoms with E-state index < -0.39 is 37.3 Å². The molecule has 1 aliphatic heterocycles. The first kappa shape index (κ1) is 16.1. The van der Waals surface area contributed by atoms with Crippen molar-refractivity contribution >= 4 is 0 Å². The van der Waals surface area contributed by atoms with Crippen molar-refractivity contribution in [1.82, 2.24) is 0 Å². The molecule has 5 atom stereocenters. The summed E-state index contributed by atoms with van der Waals surface area (Å²) in [6.07, 6.45) is -7.04. The molecule has 1 heterocycles. The van der Waals surface area contributed by atoms with Gasteiger partial charge in [0.25, 0.3) is 0 Å². The van der Waals surface area contributed by atoms with E-state index in [0.717, 1.165) is 0 Å². The third-order valence-electron chi connectivity index (χ3n) is 1.87. The van der Waals surface area contributed by atoms with Gasteiger partial charge in [-0.05, 0) is 0 Å². The number of hydrogen-bond acceptors (Lipinski definition) is 6. The second-order valence-electron chi connectivity index (χ2n) is 2.72. The lowest BCUT2D eigenvalue weighted by atomic mass is 10.00. The Bertz CT molecular complexity index is 148. The number of hydrogen-bond donors (Lipinski definition) is 5. The molecule has 0 bridgehead atoms. The number of rotatable bonds is 1. The third-order valence-corrected chi connectivity index (χ3v) is 1.87. The third kappa shape index (κ3) is 2.83. The van der Waals surface area contributed by atoms with Gasteiger partial charge in [-0.3, -0.25) is 0 Å². The number of ether oxygens (including phenoxy) is 1. The smallest absolute Gasteiger partial charge is 0.184 e. The molecule has 0 radical (unpaired) electrons. The maximum Gasteiger partial charge on any atom is 0.184 e. The summed E-state index contributed by atoms with van der Waals surface area (Å²) < 4.78 is 4.58. The predicted octanol–water partition coefficient (Wildman–Crippen LogP) is -4.87. The highest BCUT2D eigenvalue weighted by atomic mass is 16.6. The lowest BCUT2D eigenvalue weighted by Crippen LogP contribution is -2.58. The second-order valence-corrected chi connectivity index (χ2v) is 2.72. The maximum absolute atomic E-state index is 9.12. The van der Waals surface area contributed by atoms with Crippen LogP contribution in [0.1, 0.15) is 0 Å². The normalized spacial score (nSPS) is 42.2. The molecule has 8 nitrogen and oxygen atoms in total. The van der Waals surface area contributed by atoms with E-state index in [9.17, 15) is 0 Å². The maximum atomic E-state index is 9.12. The molecule has 1 saturated heterocycles. The largest absolute Gasteiger partial charge is 0.412 e. The average molecular weight is 216 g/mol. The molecule has 88 valence electrons. The molecule has 0 saturated carbocycles. The van der Waals surface area contributed by atoms with Crippen molar-refractivity contribution in [2.75, 3.05) is 6.61 Å². The highest BCUT2D eigenvalue weighted by molar-refractivity contribution is 4.87. The number of aliphatic hydroxyl groups is 5. The summed E-state index contributed by atoms with van der Waals surface area (Å²) in [5.74, 6) is 0. The molecule has 14 heavy (non-hydrogen) atoms. The van der Waals surface area contributed by atoms with Gasteiger partial charge in [-0.25, -0.2) is 0 Å². The number of aliphatic hydroxyl groups excluding tert-OH is 5. The van der Waals surface area contributed by atoms with E-state index in [2.05, 4.69) is 4.74 Å². The lowest BCUT2D eigenvalue weighted by molar-refractivity contribution is -0.286. The van der Waals surface area contributed by atoms with Crippen LogP contribution >= 0.6 is 0 Å². The predicted molar refractivity (Wildman–Crippen MR) is 43.2 cm³/mol. The van der Waals surface area contributed by atoms with Gasteiger partial charge < -0.3 is 41.2 Å². The Labute approximate surface area is 79.6 Å². The summed E-state index contributed by atoms with van der Waals surface area (Å²) in [6, 6.07) is 0. The Morgan fingerprint density at radius 1 is 0.857 bits per heavy atom. The van der Waals surface area contributed by atoms with E-state index in [4.69, 9.17) is 25.5 Å². The molecule has 0 aliphatic carbocycles. The molecule has 1 fully saturated rings. The molecule has 0 aromatic rings. The molecular weight excluding hydrogens is 200 g/mol. The van der Waals surface area contributed by atoms with Crippen LogP contribution in [0.25, 0.3) is 0 Å². The van der Waals surface area contributed by atoms with Gasteiger partial charge in [0.15, 0.2) is 6.29 Å². The summed E-state index contributed by atoms with van der Waals surface area (Å²) >= 11 is 0. The molecule has 1 unspecified atom stereocenters. The van der Waals surface area contributed by atoms with Crippen LogP contribution < -0.4 is 0 Å². The van der Waals surface area contributed by atoms with E-state index in [-0.39, 0.29) is 11.0 Å². The van der Waals surface area contributed by atoms with E-state index in [0.29, 0.717) is 0 Å². The minimum atomic E-state index is -1.57. The molecule has 8 heteroatoms. The van der Waals surface area contributed by atoms with Crippen molar-refractivity contribution in [3.8, 4) is 0 Å². The van der Waals surface area contributed by atoms with Crippen molar-refractivity contribution in [2.24, 2.45) is 0 Å². The second kappa shape index (κ2) is 6.22. The standard InChI is InChI=1S/C6H12O6.2H2O/c7-1-2-3(8)4(9)5(10)6(11)12-2;;/h2-11H,1H2;2*1H2/t2-,3-,4+,5-,6?;;/m1../s1. The van der Waals surface area contributed by atoms with Crippen LogP contribution in [-0.2, 0) is 4.74 Å². The van der Waals surface area contributed by atoms with Gasteiger partial charge in [-0.1, -0.05) is 0 Å². The molecular formula is C6H16O8. The SMILES string of the molecule is O.O.OC[C@H]1OC(O)[C@H](O)[C@@H](O)[C@@H]1O. The van der Waals surface area contributed by atoms with E-state index in [1.807, 2.05) is 0 Å². The van der Waals surface area contributed by atoms with Gasteiger partial charge in [0.1, 0.15) is 24.4 Å². The highest BCUT2D eigenvalue weighted by Gasteiger charge is 2.42. The fraction of sp³-hybridized carbons (Fsp3) is 1.00. The molecule has 1 aliphatic rings. The van der Waals surface area contributed by atoms with Crippen molar-refractivity contribution in [3.63, 3.8) is 0 Å². The Hall–Kier alpha value is -0.320. The average Bonchev–Trinajstić information content (AvgIpc) is 2.08. The highest BCUT2D eigenvalue weighted by Crippen LogP contribution is 2.18. The molecule has 0 aromatic heterocycles. The van der Waals surface area contributed by atoms with Gasteiger partial charge in [-0.2, -0.15) is 0 Å². The first-order chi connectivity index (χ1) is 5.57. The zero-order valence-corrected chi connectivity index (χ0v) is 7.24. The van der Waals surface area contributed by atoms with Crippen LogP contribution in [0.4, 0.5) is 0 Å². The quantitative estimate of drug-likeness (QED) is 0.293. The fourth-order valence-corrected chi connectivity index (χ4v) is 1.08. The molecule has 9 N–H and O–H groups in total. The topological polar surface area (TPSA) is 173 Å². The van der Waals surface area contributed by atoms with Crippen LogP contribution in [0.3, 0.4) is 0 Å². The Morgan fingerprint density at radius 3 is 1.79 bits per heavy atom. The Balaban J connectivity index is 0. The van der Waals surface area contributed by atoms with Crippen molar-refractivity contribution in [3.05, 3.63) is 0 Å². The van der Waals surface area contributed by atoms with Gasteiger partial charge in [0.2, 0.25) is 0 Å². The van der Waals surface area contributed by atoms with Crippen LogP contribution in [-0.4, -0.2) is 73.8 Å². The summed E-state index contributed by atoms with van der Waals surface area (Å²) in [4.78, 5) is 0. The summed E-state index contributed by atoms with van der Waals surface area (Å²) in [7, 11) is 0. The van der Waals surface area contributed by atoms with Crippen LogP contribution in [0.15, 0.2) is 0 Å². The summed E-state index contributed by atoms with van der Waals surface area (Å²) in [5, 5.41) is 44.7. The molecule has 0 amide bonds. The van der Waals surface area contributed by atoms with E-state index >= 15 is 0 Å². The molecule has 0 spiro atoms. The van der Waals surface area contributed by atoms with Gasteiger partial charge in [-0.15, -0.1) is 0 Å². The van der Waals surface area contributed by atoms with Gasteiger partial charge in [0.05, 0.1) is 6.61 Å². The lowest BCUT2D eigenvalue weighted by Gasteiger charge is -2.37. The van der Waals surface area contributed by atoms with Crippen molar-refractivity contribution in [2.45, 2.75) is 30.7 Å². The van der Waals surface area contributed by atoms with Crippen LogP contribution in [0.2, 0.25) is 0 Å². The molecule has 1 rings (SSSR count). The first-order valence-electron chi connectivity index (χ1n) is 3.56. The van der Waals surface area contributed by atoms with Crippen molar-refractivity contribution in [1.29, 1.82) is 0 Å². The van der Waals surface area contributed by atoms with E-state index in [1.165, 1.54) is 0 Å². The zero-order valence-electron chi connectivity index (χ0n) is 7.24. The molecule has 0 aromatic carbocycles. The van der Waals surface area contributed by atoms with E-state index in [1.54, 1.807) is 0 Å². The summed E-state index contributed by atoms with van der Waals surface area (Å²) in [6.45, 7) is -0.526. The Kier molecular flexibility index (Phi) is 7.16. The fourth-order valence-electron chi connectivity index (χ4n) is 1.08. The zero-order chi connectivity index (χ0) is 9.30. The Morgan fingerprint density at radius 2 is 1.36 bits per heavy atom. The van der Waals surface area contributed by atoms with Crippen molar-refractivity contribution < 1.29 is 41.2 Å². The van der Waals surface area contributed by atoms with Gasteiger partial charge >= 0.3 is 0 Å². The van der Waals surface area contributed by atoms with Crippen LogP contribution in [0.5, 0.6) is 0 Å². The van der Waals surface area contributed by atoms with Crippen LogP contribution in [0, 0.1) is 0 Å². The first-order valence-corrected chi connectivity index (χ1v) is 3.56. The monoisotopic (exact) mass is 216 g/mol. The summed E-state index contributed by atoms with van der Waals surface area (Å²) in [5.41, 5.74) is 0. The minimum absolute atomic E-state index is 0. The minimum Gasteiger partial charge on any atom is -0.412 e.